The van der Waals surface area contributed by atoms with Gasteiger partial charge in [0, 0.05) is 67.5 Å². The molecule has 0 radical (unpaired) electrons. The molecule has 0 N–H and O–H groups in total. The van der Waals surface area contributed by atoms with Gasteiger partial charge in [-0.15, -0.1) is 0 Å². The van der Waals surface area contributed by atoms with Crippen molar-refractivity contribution in [3.8, 4) is 5.75 Å². The summed E-state index contributed by atoms with van der Waals surface area (Å²) in [7, 11) is 1.70. The maximum atomic E-state index is 13.1. The SMILES string of the molecule is CCN(CC)CCCn1c(C)c(C=CC(=O)N2CCN(CCc3ccccc3)CC2)c2cc(OC)ccc21. The van der Waals surface area contributed by atoms with Crippen LogP contribution in [0.15, 0.2) is 54.6 Å². The largest absolute Gasteiger partial charge is 0.497 e. The number of fused-ring (bicyclic) bond motifs is 1. The lowest BCUT2D eigenvalue weighted by atomic mass is 10.1. The van der Waals surface area contributed by atoms with E-state index in [-0.39, 0.29) is 5.91 Å². The van der Waals surface area contributed by atoms with E-state index in [9.17, 15) is 4.79 Å². The van der Waals surface area contributed by atoms with Gasteiger partial charge < -0.3 is 19.1 Å². The van der Waals surface area contributed by atoms with Gasteiger partial charge in [-0.3, -0.25) is 9.69 Å². The summed E-state index contributed by atoms with van der Waals surface area (Å²) < 4.78 is 7.92. The first-order valence-electron chi connectivity index (χ1n) is 14.2. The molecule has 204 valence electrons. The van der Waals surface area contributed by atoms with E-state index in [1.54, 1.807) is 13.2 Å². The van der Waals surface area contributed by atoms with Crippen molar-refractivity contribution in [3.05, 3.63) is 71.4 Å². The maximum absolute atomic E-state index is 13.1. The maximum Gasteiger partial charge on any atom is 0.246 e. The van der Waals surface area contributed by atoms with E-state index < -0.39 is 0 Å². The van der Waals surface area contributed by atoms with Crippen LogP contribution in [0.3, 0.4) is 0 Å². The van der Waals surface area contributed by atoms with Crippen molar-refractivity contribution in [2.75, 3.05) is 59.5 Å². The van der Waals surface area contributed by atoms with Crippen LogP contribution in [0.1, 0.15) is 37.1 Å². The van der Waals surface area contributed by atoms with Gasteiger partial charge in [0.25, 0.3) is 0 Å². The van der Waals surface area contributed by atoms with Crippen LogP contribution in [-0.2, 0) is 17.8 Å². The van der Waals surface area contributed by atoms with E-state index in [0.717, 1.165) is 88.4 Å². The topological polar surface area (TPSA) is 41.0 Å². The fourth-order valence-corrected chi connectivity index (χ4v) is 5.49. The Morgan fingerprint density at radius 1 is 1.00 bits per heavy atom. The summed E-state index contributed by atoms with van der Waals surface area (Å²) in [6.07, 6.45) is 5.93. The highest BCUT2D eigenvalue weighted by Crippen LogP contribution is 2.31. The van der Waals surface area contributed by atoms with Crippen LogP contribution in [0.25, 0.3) is 17.0 Å². The summed E-state index contributed by atoms with van der Waals surface area (Å²) in [5.41, 5.74) is 4.87. The molecular formula is C32H44N4O2. The lowest BCUT2D eigenvalue weighted by Crippen LogP contribution is -2.48. The summed E-state index contributed by atoms with van der Waals surface area (Å²) in [6.45, 7) is 15.2. The van der Waals surface area contributed by atoms with Gasteiger partial charge >= 0.3 is 0 Å². The highest BCUT2D eigenvalue weighted by atomic mass is 16.5. The minimum Gasteiger partial charge on any atom is -0.497 e. The number of aromatic nitrogens is 1. The fraction of sp³-hybridized carbons (Fsp3) is 0.469. The third-order valence-corrected chi connectivity index (χ3v) is 7.97. The number of methoxy groups -OCH3 is 1. The minimum atomic E-state index is 0.0949. The number of benzene rings is 2. The number of hydrogen-bond donors (Lipinski definition) is 0. The Balaban J connectivity index is 1.41. The lowest BCUT2D eigenvalue weighted by Gasteiger charge is -2.34. The molecule has 4 rings (SSSR count). The Morgan fingerprint density at radius 2 is 1.74 bits per heavy atom. The monoisotopic (exact) mass is 516 g/mol. The normalized spacial score (nSPS) is 14.7. The van der Waals surface area contributed by atoms with Gasteiger partial charge in [-0.2, -0.15) is 0 Å². The van der Waals surface area contributed by atoms with E-state index in [1.807, 2.05) is 17.0 Å². The Hall–Kier alpha value is -3.09. The number of carbonyl (C=O) groups is 1. The zero-order chi connectivity index (χ0) is 26.9. The second kappa shape index (κ2) is 13.6. The Labute approximate surface area is 228 Å². The molecular weight excluding hydrogens is 472 g/mol. The average Bonchev–Trinajstić information content (AvgIpc) is 3.23. The number of amides is 1. The van der Waals surface area contributed by atoms with Crippen molar-refractivity contribution in [2.24, 2.45) is 0 Å². The van der Waals surface area contributed by atoms with Gasteiger partial charge in [-0.1, -0.05) is 44.2 Å². The van der Waals surface area contributed by atoms with Crippen LogP contribution in [0.2, 0.25) is 0 Å². The molecule has 0 aliphatic carbocycles. The number of carbonyl (C=O) groups excluding carboxylic acids is 1. The fourth-order valence-electron chi connectivity index (χ4n) is 5.49. The first-order chi connectivity index (χ1) is 18.5. The predicted molar refractivity (Wildman–Crippen MR) is 158 cm³/mol. The van der Waals surface area contributed by atoms with Gasteiger partial charge in [0.1, 0.15) is 5.75 Å². The molecule has 38 heavy (non-hydrogen) atoms. The molecule has 0 saturated carbocycles. The molecule has 6 heteroatoms. The van der Waals surface area contributed by atoms with E-state index in [2.05, 4.69) is 77.6 Å². The molecule has 3 aromatic rings. The minimum absolute atomic E-state index is 0.0949. The zero-order valence-electron chi connectivity index (χ0n) is 23.7. The summed E-state index contributed by atoms with van der Waals surface area (Å²) in [5, 5.41) is 1.14. The summed E-state index contributed by atoms with van der Waals surface area (Å²) in [4.78, 5) is 20.0. The molecule has 0 atom stereocenters. The Bertz CT molecular complexity index is 1210. The molecule has 2 heterocycles. The van der Waals surface area contributed by atoms with Gasteiger partial charge in [-0.05, 0) is 69.2 Å². The molecule has 2 aromatic carbocycles. The molecule has 1 saturated heterocycles. The van der Waals surface area contributed by atoms with Crippen LogP contribution >= 0.6 is 0 Å². The molecule has 1 aliphatic rings. The Morgan fingerprint density at radius 3 is 2.42 bits per heavy atom. The summed E-state index contributed by atoms with van der Waals surface area (Å²) in [5.74, 6) is 0.933. The van der Waals surface area contributed by atoms with E-state index in [4.69, 9.17) is 4.74 Å². The van der Waals surface area contributed by atoms with Crippen molar-refractivity contribution in [3.63, 3.8) is 0 Å². The van der Waals surface area contributed by atoms with Crippen LogP contribution in [-0.4, -0.2) is 84.6 Å². The van der Waals surface area contributed by atoms with Crippen molar-refractivity contribution in [2.45, 2.75) is 40.2 Å². The molecule has 0 bridgehead atoms. The Kier molecular flexibility index (Phi) is 10.0. The molecule has 1 aliphatic heterocycles. The number of piperazine rings is 1. The number of ether oxygens (including phenoxy) is 1. The van der Waals surface area contributed by atoms with Gasteiger partial charge in [0.05, 0.1) is 7.11 Å². The highest BCUT2D eigenvalue weighted by molar-refractivity contribution is 5.98. The number of hydrogen-bond acceptors (Lipinski definition) is 4. The third-order valence-electron chi connectivity index (χ3n) is 7.97. The van der Waals surface area contributed by atoms with E-state index in [0.29, 0.717) is 0 Å². The highest BCUT2D eigenvalue weighted by Gasteiger charge is 2.20. The first kappa shape index (κ1) is 27.9. The molecule has 1 fully saturated rings. The van der Waals surface area contributed by atoms with Crippen molar-refractivity contribution < 1.29 is 9.53 Å². The van der Waals surface area contributed by atoms with Crippen molar-refractivity contribution >= 4 is 22.9 Å². The molecule has 0 spiro atoms. The van der Waals surface area contributed by atoms with Crippen molar-refractivity contribution in [1.29, 1.82) is 0 Å². The molecule has 6 nitrogen and oxygen atoms in total. The predicted octanol–water partition coefficient (Wildman–Crippen LogP) is 5.09. The smallest absolute Gasteiger partial charge is 0.246 e. The molecule has 0 unspecified atom stereocenters. The van der Waals surface area contributed by atoms with Gasteiger partial charge in [0.15, 0.2) is 0 Å². The van der Waals surface area contributed by atoms with E-state index >= 15 is 0 Å². The van der Waals surface area contributed by atoms with Crippen LogP contribution in [0.4, 0.5) is 0 Å². The lowest BCUT2D eigenvalue weighted by molar-refractivity contribution is -0.127. The van der Waals surface area contributed by atoms with E-state index in [1.165, 1.54) is 16.8 Å². The first-order valence-corrected chi connectivity index (χ1v) is 14.2. The van der Waals surface area contributed by atoms with Gasteiger partial charge in [-0.25, -0.2) is 0 Å². The van der Waals surface area contributed by atoms with Crippen molar-refractivity contribution in [1.82, 2.24) is 19.3 Å². The van der Waals surface area contributed by atoms with Crippen LogP contribution in [0, 0.1) is 6.92 Å². The van der Waals surface area contributed by atoms with Crippen LogP contribution < -0.4 is 4.74 Å². The number of rotatable bonds is 12. The van der Waals surface area contributed by atoms with Gasteiger partial charge in [0.2, 0.25) is 5.91 Å². The van der Waals surface area contributed by atoms with Crippen LogP contribution in [0.5, 0.6) is 5.75 Å². The third kappa shape index (κ3) is 6.86. The quantitative estimate of drug-likeness (QED) is 0.315. The summed E-state index contributed by atoms with van der Waals surface area (Å²) >= 11 is 0. The molecule has 1 amide bonds. The number of aryl methyl sites for hydroxylation is 1. The molecule has 1 aromatic heterocycles. The zero-order valence-corrected chi connectivity index (χ0v) is 23.7. The number of nitrogens with zero attached hydrogens (tertiary/aromatic N) is 4. The average molecular weight is 517 g/mol. The second-order valence-corrected chi connectivity index (χ2v) is 10.2. The standard InChI is InChI=1S/C32H44N4O2/c1-5-33(6-2)18-10-19-36-26(3)29(30-25-28(38-4)13-15-31(30)36)14-16-32(37)35-23-21-34(22-24-35)20-17-27-11-8-7-9-12-27/h7-9,11-16,25H,5-6,10,17-24H2,1-4H3. The summed E-state index contributed by atoms with van der Waals surface area (Å²) in [6, 6.07) is 16.9. The second-order valence-electron chi connectivity index (χ2n) is 10.2.